The molecule has 0 aliphatic heterocycles. The summed E-state index contributed by atoms with van der Waals surface area (Å²) in [5, 5.41) is 8.80. The topological polar surface area (TPSA) is 76.0 Å². The first-order chi connectivity index (χ1) is 7.66. The van der Waals surface area contributed by atoms with E-state index < -0.39 is 11.9 Å². The van der Waals surface area contributed by atoms with Crippen LogP contribution in [-0.4, -0.2) is 26.0 Å². The molecule has 82 valence electrons. The first kappa shape index (κ1) is 10.5. The van der Waals surface area contributed by atoms with Crippen molar-refractivity contribution in [2.24, 2.45) is 5.92 Å². The van der Waals surface area contributed by atoms with Gasteiger partial charge in [0.2, 0.25) is 0 Å². The SMILES string of the molecule is CC(Cc1cnc2ccncc2n1)C(=O)O. The number of aliphatic carboxylic acids is 1. The number of carboxylic acid groups (broad SMARTS) is 1. The van der Waals surface area contributed by atoms with Gasteiger partial charge in [-0.25, -0.2) is 4.98 Å². The number of aromatic nitrogens is 3. The van der Waals surface area contributed by atoms with E-state index in [4.69, 9.17) is 5.11 Å². The molecule has 0 aliphatic carbocycles. The normalized spacial score (nSPS) is 12.6. The summed E-state index contributed by atoms with van der Waals surface area (Å²) < 4.78 is 0. The highest BCUT2D eigenvalue weighted by molar-refractivity contribution is 5.73. The highest BCUT2D eigenvalue weighted by Crippen LogP contribution is 2.10. The number of hydrogen-bond acceptors (Lipinski definition) is 4. The maximum Gasteiger partial charge on any atom is 0.306 e. The van der Waals surface area contributed by atoms with Crippen molar-refractivity contribution in [3.8, 4) is 0 Å². The molecule has 1 unspecified atom stereocenters. The molecule has 2 aromatic heterocycles. The van der Waals surface area contributed by atoms with E-state index in [0.717, 1.165) is 5.52 Å². The molecule has 16 heavy (non-hydrogen) atoms. The minimum atomic E-state index is -0.826. The van der Waals surface area contributed by atoms with Crippen molar-refractivity contribution in [1.82, 2.24) is 15.0 Å². The molecule has 0 spiro atoms. The number of nitrogens with zero attached hydrogens (tertiary/aromatic N) is 3. The summed E-state index contributed by atoms with van der Waals surface area (Å²) in [7, 11) is 0. The van der Waals surface area contributed by atoms with Crippen LogP contribution in [0.15, 0.2) is 24.7 Å². The predicted octanol–water partition coefficient (Wildman–Crippen LogP) is 1.29. The van der Waals surface area contributed by atoms with E-state index in [-0.39, 0.29) is 0 Å². The fraction of sp³-hybridized carbons (Fsp3) is 0.273. The second-order valence-corrected chi connectivity index (χ2v) is 3.67. The molecule has 2 rings (SSSR count). The summed E-state index contributed by atoms with van der Waals surface area (Å²) in [6.07, 6.45) is 5.27. The van der Waals surface area contributed by atoms with Crippen LogP contribution in [0.4, 0.5) is 0 Å². The van der Waals surface area contributed by atoms with Gasteiger partial charge in [0, 0.05) is 18.8 Å². The molecule has 2 aromatic rings. The van der Waals surface area contributed by atoms with Crippen molar-refractivity contribution >= 4 is 17.0 Å². The van der Waals surface area contributed by atoms with Crippen LogP contribution < -0.4 is 0 Å². The van der Waals surface area contributed by atoms with Crippen molar-refractivity contribution in [2.45, 2.75) is 13.3 Å². The van der Waals surface area contributed by atoms with Gasteiger partial charge in [0.15, 0.2) is 0 Å². The van der Waals surface area contributed by atoms with Crippen molar-refractivity contribution in [2.75, 3.05) is 0 Å². The fourth-order valence-corrected chi connectivity index (χ4v) is 1.40. The minimum Gasteiger partial charge on any atom is -0.481 e. The molecule has 0 aromatic carbocycles. The van der Waals surface area contributed by atoms with Crippen molar-refractivity contribution < 1.29 is 9.90 Å². The van der Waals surface area contributed by atoms with Crippen LogP contribution in [0, 0.1) is 5.92 Å². The lowest BCUT2D eigenvalue weighted by atomic mass is 10.1. The molecule has 0 amide bonds. The van der Waals surface area contributed by atoms with Gasteiger partial charge < -0.3 is 5.11 Å². The predicted molar refractivity (Wildman–Crippen MR) is 57.8 cm³/mol. The third kappa shape index (κ3) is 2.13. The van der Waals surface area contributed by atoms with Gasteiger partial charge in [0.25, 0.3) is 0 Å². The largest absolute Gasteiger partial charge is 0.481 e. The van der Waals surface area contributed by atoms with Gasteiger partial charge >= 0.3 is 5.97 Å². The Labute approximate surface area is 92.2 Å². The van der Waals surface area contributed by atoms with Crippen LogP contribution in [0.1, 0.15) is 12.6 Å². The van der Waals surface area contributed by atoms with E-state index in [1.807, 2.05) is 0 Å². The van der Waals surface area contributed by atoms with Gasteiger partial charge in [0.05, 0.1) is 23.3 Å². The second-order valence-electron chi connectivity index (χ2n) is 3.67. The lowest BCUT2D eigenvalue weighted by Gasteiger charge is -2.05. The van der Waals surface area contributed by atoms with E-state index in [0.29, 0.717) is 17.6 Å². The number of hydrogen-bond donors (Lipinski definition) is 1. The molecule has 2 heterocycles. The van der Waals surface area contributed by atoms with E-state index >= 15 is 0 Å². The third-order valence-corrected chi connectivity index (χ3v) is 2.33. The molecule has 1 N–H and O–H groups in total. The number of carboxylic acids is 1. The fourth-order valence-electron chi connectivity index (χ4n) is 1.40. The number of carbonyl (C=O) groups is 1. The van der Waals surface area contributed by atoms with Gasteiger partial charge in [-0.05, 0) is 6.07 Å². The first-order valence-corrected chi connectivity index (χ1v) is 4.95. The highest BCUT2D eigenvalue weighted by atomic mass is 16.4. The molecule has 0 aliphatic rings. The lowest BCUT2D eigenvalue weighted by Crippen LogP contribution is -2.13. The summed E-state index contributed by atoms with van der Waals surface area (Å²) in [4.78, 5) is 23.2. The molecule has 5 heteroatoms. The zero-order valence-electron chi connectivity index (χ0n) is 8.79. The molecule has 0 saturated heterocycles. The third-order valence-electron chi connectivity index (χ3n) is 2.33. The summed E-state index contributed by atoms with van der Waals surface area (Å²) in [6.45, 7) is 1.65. The first-order valence-electron chi connectivity index (χ1n) is 4.95. The molecule has 0 radical (unpaired) electrons. The second kappa shape index (κ2) is 4.22. The monoisotopic (exact) mass is 217 g/mol. The summed E-state index contributed by atoms with van der Waals surface area (Å²) in [6, 6.07) is 1.77. The van der Waals surface area contributed by atoms with Gasteiger partial charge in [0.1, 0.15) is 5.52 Å². The van der Waals surface area contributed by atoms with Crippen LogP contribution in [0.2, 0.25) is 0 Å². The Morgan fingerprint density at radius 3 is 3.00 bits per heavy atom. The van der Waals surface area contributed by atoms with Crippen LogP contribution >= 0.6 is 0 Å². The van der Waals surface area contributed by atoms with Crippen LogP contribution in [0.25, 0.3) is 11.0 Å². The average Bonchev–Trinajstić information content (AvgIpc) is 2.28. The van der Waals surface area contributed by atoms with Gasteiger partial charge in [-0.2, -0.15) is 0 Å². The Kier molecular flexibility index (Phi) is 2.76. The standard InChI is InChI=1S/C11H11N3O2/c1-7(11(15)16)4-8-5-13-9-2-3-12-6-10(9)14-8/h2-3,5-7H,4H2,1H3,(H,15,16). The zero-order valence-corrected chi connectivity index (χ0v) is 8.79. The smallest absolute Gasteiger partial charge is 0.306 e. The van der Waals surface area contributed by atoms with Crippen LogP contribution in [-0.2, 0) is 11.2 Å². The number of fused-ring (bicyclic) bond motifs is 1. The zero-order chi connectivity index (χ0) is 11.5. The molecule has 1 atom stereocenters. The highest BCUT2D eigenvalue weighted by Gasteiger charge is 2.12. The van der Waals surface area contributed by atoms with Crippen molar-refractivity contribution in [3.63, 3.8) is 0 Å². The summed E-state index contributed by atoms with van der Waals surface area (Å²) in [5.74, 6) is -1.28. The summed E-state index contributed by atoms with van der Waals surface area (Å²) in [5.41, 5.74) is 2.13. The number of rotatable bonds is 3. The molecule has 0 saturated carbocycles. The average molecular weight is 217 g/mol. The van der Waals surface area contributed by atoms with Gasteiger partial charge in [-0.1, -0.05) is 6.92 Å². The Bertz CT molecular complexity index is 527. The minimum absolute atomic E-state index is 0.382. The maximum atomic E-state index is 10.7. The molecular weight excluding hydrogens is 206 g/mol. The molecular formula is C11H11N3O2. The Morgan fingerprint density at radius 1 is 1.44 bits per heavy atom. The molecule has 5 nitrogen and oxygen atoms in total. The van der Waals surface area contributed by atoms with Crippen molar-refractivity contribution in [1.29, 1.82) is 0 Å². The molecule has 0 fully saturated rings. The van der Waals surface area contributed by atoms with E-state index in [1.54, 1.807) is 31.6 Å². The van der Waals surface area contributed by atoms with E-state index in [1.165, 1.54) is 0 Å². The quantitative estimate of drug-likeness (QED) is 0.838. The van der Waals surface area contributed by atoms with Crippen LogP contribution in [0.3, 0.4) is 0 Å². The van der Waals surface area contributed by atoms with Gasteiger partial charge in [-0.3, -0.25) is 14.8 Å². The summed E-state index contributed by atoms with van der Waals surface area (Å²) >= 11 is 0. The molecule has 0 bridgehead atoms. The Balaban J connectivity index is 2.29. The van der Waals surface area contributed by atoms with E-state index in [9.17, 15) is 4.79 Å². The van der Waals surface area contributed by atoms with Gasteiger partial charge in [-0.15, -0.1) is 0 Å². The van der Waals surface area contributed by atoms with Crippen LogP contribution in [0.5, 0.6) is 0 Å². The Morgan fingerprint density at radius 2 is 2.25 bits per heavy atom. The maximum absolute atomic E-state index is 10.7. The van der Waals surface area contributed by atoms with E-state index in [2.05, 4.69) is 15.0 Å². The Hall–Kier alpha value is -2.04. The lowest BCUT2D eigenvalue weighted by molar-refractivity contribution is -0.141. The van der Waals surface area contributed by atoms with Crippen molar-refractivity contribution in [3.05, 3.63) is 30.4 Å². The number of pyridine rings is 1.